The molecule has 35 heavy (non-hydrogen) atoms. The number of nitrogens with zero attached hydrogens (tertiary/aromatic N) is 4. The summed E-state index contributed by atoms with van der Waals surface area (Å²) in [4.78, 5) is 46.7. The van der Waals surface area contributed by atoms with Crippen molar-refractivity contribution in [2.75, 3.05) is 6.54 Å². The van der Waals surface area contributed by atoms with E-state index in [-0.39, 0.29) is 28.5 Å². The summed E-state index contributed by atoms with van der Waals surface area (Å²) in [6, 6.07) is 11.9. The number of carbonyl (C=O) groups is 2. The highest BCUT2D eigenvalue weighted by molar-refractivity contribution is 6.18. The van der Waals surface area contributed by atoms with Gasteiger partial charge in [0.1, 0.15) is 0 Å². The van der Waals surface area contributed by atoms with Crippen LogP contribution in [-0.4, -0.2) is 46.4 Å². The van der Waals surface area contributed by atoms with E-state index in [4.69, 9.17) is 0 Å². The van der Waals surface area contributed by atoms with Crippen molar-refractivity contribution in [3.05, 3.63) is 86.6 Å². The maximum Gasteiger partial charge on any atom is 0.273 e. The summed E-state index contributed by atoms with van der Waals surface area (Å²) in [6.45, 7) is 8.34. The summed E-state index contributed by atoms with van der Waals surface area (Å²) in [7, 11) is 0. The Morgan fingerprint density at radius 2 is 1.80 bits per heavy atom. The van der Waals surface area contributed by atoms with Gasteiger partial charge in [-0.25, -0.2) is 9.98 Å². The smallest absolute Gasteiger partial charge is 0.273 e. The first kappa shape index (κ1) is 24.0. The molecule has 9 heteroatoms. The van der Waals surface area contributed by atoms with E-state index in [1.54, 1.807) is 43.6 Å². The van der Waals surface area contributed by atoms with E-state index in [0.29, 0.717) is 29.7 Å². The van der Waals surface area contributed by atoms with Crippen LogP contribution in [0, 0.1) is 17.0 Å². The Hall–Kier alpha value is -4.14. The largest absolute Gasteiger partial charge is 0.314 e. The predicted molar refractivity (Wildman–Crippen MR) is 134 cm³/mol. The van der Waals surface area contributed by atoms with Crippen molar-refractivity contribution in [3.63, 3.8) is 0 Å². The minimum atomic E-state index is -0.737. The van der Waals surface area contributed by atoms with Crippen molar-refractivity contribution in [2.24, 2.45) is 9.98 Å². The topological polar surface area (TPSA) is 117 Å². The number of hydrogen-bond acceptors (Lipinski definition) is 6. The average Bonchev–Trinajstić information content (AvgIpc) is 2.83. The zero-order valence-electron chi connectivity index (χ0n) is 20.1. The third kappa shape index (κ3) is 5.18. The first-order valence-electron chi connectivity index (χ1n) is 11.3. The number of nitrogens with one attached hydrogen (secondary N) is 1. The molecule has 1 unspecified atom stereocenters. The molecular formula is C26H27N5O4. The van der Waals surface area contributed by atoms with Crippen LogP contribution in [-0.2, 0) is 5.41 Å². The SMILES string of the molecule is Cc1ccc(C(=O)N2C=C3C=NC(NC(=O)c4ccc(C(C)(C)C)cc4)N=C3CC2)cc1[N+](=O)[O-]. The number of rotatable bonds is 4. The highest BCUT2D eigenvalue weighted by Crippen LogP contribution is 2.24. The van der Waals surface area contributed by atoms with Crippen LogP contribution in [0.3, 0.4) is 0 Å². The Bertz CT molecular complexity index is 1290. The van der Waals surface area contributed by atoms with Crippen LogP contribution in [0.2, 0.25) is 0 Å². The molecule has 2 aliphatic rings. The molecule has 2 heterocycles. The molecule has 9 nitrogen and oxygen atoms in total. The Morgan fingerprint density at radius 1 is 1.11 bits per heavy atom. The second kappa shape index (κ2) is 9.25. The number of fused-ring (bicyclic) bond motifs is 1. The Balaban J connectivity index is 1.44. The zero-order valence-corrected chi connectivity index (χ0v) is 20.1. The molecule has 0 aliphatic carbocycles. The fraction of sp³-hybridized carbons (Fsp3) is 0.308. The zero-order chi connectivity index (χ0) is 25.3. The van der Waals surface area contributed by atoms with Crippen LogP contribution in [0.4, 0.5) is 5.69 Å². The lowest BCUT2D eigenvalue weighted by Gasteiger charge is -2.27. The number of nitro groups is 1. The van der Waals surface area contributed by atoms with E-state index < -0.39 is 11.2 Å². The van der Waals surface area contributed by atoms with Crippen LogP contribution < -0.4 is 5.32 Å². The first-order valence-corrected chi connectivity index (χ1v) is 11.3. The normalized spacial score (nSPS) is 17.3. The number of carbonyl (C=O) groups excluding carboxylic acids is 2. The number of aryl methyl sites for hydroxylation is 1. The number of nitro benzene ring substituents is 1. The summed E-state index contributed by atoms with van der Waals surface area (Å²) >= 11 is 0. The maximum atomic E-state index is 12.9. The minimum absolute atomic E-state index is 0.00178. The second-order valence-electron chi connectivity index (χ2n) is 9.62. The fourth-order valence-corrected chi connectivity index (χ4v) is 3.91. The van der Waals surface area contributed by atoms with Gasteiger partial charge in [0.05, 0.1) is 10.6 Å². The second-order valence-corrected chi connectivity index (χ2v) is 9.62. The molecule has 0 bridgehead atoms. The summed E-state index contributed by atoms with van der Waals surface area (Å²) in [5, 5.41) is 14.0. The van der Waals surface area contributed by atoms with E-state index in [1.165, 1.54) is 11.0 Å². The van der Waals surface area contributed by atoms with Crippen molar-refractivity contribution in [2.45, 2.75) is 45.8 Å². The molecule has 1 N–H and O–H groups in total. The Labute approximate surface area is 203 Å². The van der Waals surface area contributed by atoms with Gasteiger partial charge in [0.25, 0.3) is 17.5 Å². The molecule has 0 radical (unpaired) electrons. The molecule has 0 saturated heterocycles. The van der Waals surface area contributed by atoms with Gasteiger partial charge in [0.15, 0.2) is 0 Å². The molecule has 1 atom stereocenters. The van der Waals surface area contributed by atoms with Gasteiger partial charge in [-0.2, -0.15) is 0 Å². The van der Waals surface area contributed by atoms with E-state index in [2.05, 4.69) is 36.1 Å². The van der Waals surface area contributed by atoms with Gasteiger partial charge in [0.2, 0.25) is 6.29 Å². The summed E-state index contributed by atoms with van der Waals surface area (Å²) < 4.78 is 0. The molecule has 4 rings (SSSR count). The number of amides is 2. The first-order chi connectivity index (χ1) is 16.5. The maximum absolute atomic E-state index is 12.9. The summed E-state index contributed by atoms with van der Waals surface area (Å²) in [5.74, 6) is -0.597. The lowest BCUT2D eigenvalue weighted by molar-refractivity contribution is -0.385. The van der Waals surface area contributed by atoms with Gasteiger partial charge in [-0.3, -0.25) is 19.7 Å². The molecule has 0 saturated carbocycles. The van der Waals surface area contributed by atoms with Gasteiger partial charge in [0, 0.05) is 53.7 Å². The molecular weight excluding hydrogens is 446 g/mol. The van der Waals surface area contributed by atoms with E-state index >= 15 is 0 Å². The van der Waals surface area contributed by atoms with Gasteiger partial charge in [-0.1, -0.05) is 39.0 Å². The standard InChI is InChI=1S/C26H27N5O4/c1-16-5-6-18(13-22(16)31(34)35)24(33)30-12-11-21-19(15-30)14-27-25(28-21)29-23(32)17-7-9-20(10-8-17)26(2,3)4/h5-10,13-15,25H,11-12H2,1-4H3,(H,29,32). The number of aliphatic imine (C=N–C) groups is 2. The summed E-state index contributed by atoms with van der Waals surface area (Å²) in [5.41, 5.74) is 3.74. The highest BCUT2D eigenvalue weighted by Gasteiger charge is 2.26. The molecule has 2 amide bonds. The van der Waals surface area contributed by atoms with Gasteiger partial charge >= 0.3 is 0 Å². The third-order valence-electron chi connectivity index (χ3n) is 6.04. The molecule has 0 spiro atoms. The van der Waals surface area contributed by atoms with Crippen LogP contribution >= 0.6 is 0 Å². The molecule has 2 aromatic carbocycles. The van der Waals surface area contributed by atoms with E-state index in [9.17, 15) is 19.7 Å². The molecule has 2 aliphatic heterocycles. The Kier molecular flexibility index (Phi) is 6.34. The highest BCUT2D eigenvalue weighted by atomic mass is 16.6. The fourth-order valence-electron chi connectivity index (χ4n) is 3.91. The number of allylic oxidation sites excluding steroid dienone is 1. The third-order valence-corrected chi connectivity index (χ3v) is 6.04. The van der Waals surface area contributed by atoms with E-state index in [0.717, 1.165) is 11.3 Å². The van der Waals surface area contributed by atoms with Crippen molar-refractivity contribution in [3.8, 4) is 0 Å². The van der Waals surface area contributed by atoms with Crippen LogP contribution in [0.5, 0.6) is 0 Å². The lowest BCUT2D eigenvalue weighted by atomic mass is 9.87. The number of hydrogen-bond donors (Lipinski definition) is 1. The monoisotopic (exact) mass is 473 g/mol. The molecule has 2 aromatic rings. The lowest BCUT2D eigenvalue weighted by Crippen LogP contribution is -2.38. The minimum Gasteiger partial charge on any atom is -0.314 e. The Morgan fingerprint density at radius 3 is 2.46 bits per heavy atom. The molecule has 180 valence electrons. The molecule has 0 aromatic heterocycles. The van der Waals surface area contributed by atoms with Crippen LogP contribution in [0.15, 0.2) is 64.2 Å². The van der Waals surface area contributed by atoms with Crippen molar-refractivity contribution in [1.82, 2.24) is 10.2 Å². The molecule has 0 fully saturated rings. The predicted octanol–water partition coefficient (Wildman–Crippen LogP) is 4.17. The van der Waals surface area contributed by atoms with Gasteiger partial charge < -0.3 is 10.2 Å². The van der Waals surface area contributed by atoms with Gasteiger partial charge in [-0.05, 0) is 36.1 Å². The van der Waals surface area contributed by atoms with Crippen LogP contribution in [0.25, 0.3) is 0 Å². The van der Waals surface area contributed by atoms with Crippen LogP contribution in [0.1, 0.15) is 59.0 Å². The average molecular weight is 474 g/mol. The quantitative estimate of drug-likeness (QED) is 0.530. The van der Waals surface area contributed by atoms with E-state index in [1.807, 2.05) is 12.1 Å². The summed E-state index contributed by atoms with van der Waals surface area (Å²) in [6.07, 6.45) is 2.97. The van der Waals surface area contributed by atoms with Crippen molar-refractivity contribution in [1.29, 1.82) is 0 Å². The van der Waals surface area contributed by atoms with Crippen molar-refractivity contribution < 1.29 is 14.5 Å². The number of benzene rings is 2. The van der Waals surface area contributed by atoms with Crippen molar-refractivity contribution >= 4 is 29.4 Å². The van der Waals surface area contributed by atoms with Gasteiger partial charge in [-0.15, -0.1) is 0 Å².